The van der Waals surface area contributed by atoms with Gasteiger partial charge < -0.3 is 9.47 Å². The zero-order chi connectivity index (χ0) is 17.9. The molecule has 0 fully saturated rings. The number of ether oxygens (including phenoxy) is 2. The van der Waals surface area contributed by atoms with Gasteiger partial charge in [-0.1, -0.05) is 0 Å². The van der Waals surface area contributed by atoms with Crippen LogP contribution in [0, 0.1) is 34.6 Å². The van der Waals surface area contributed by atoms with Gasteiger partial charge in [-0.15, -0.1) is 0 Å². The van der Waals surface area contributed by atoms with Crippen LogP contribution in [-0.4, -0.2) is 13.1 Å². The number of rotatable bonds is 4. The predicted octanol–water partition coefficient (Wildman–Crippen LogP) is 3.48. The number of methoxy groups -OCH3 is 1. The lowest BCUT2D eigenvalue weighted by atomic mass is 10.1. The van der Waals surface area contributed by atoms with Crippen LogP contribution in [0.5, 0.6) is 5.75 Å². The zero-order valence-electron chi connectivity index (χ0n) is 12.2. The number of hydrogen-bond acceptors (Lipinski definition) is 4. The molecule has 2 rings (SSSR count). The maximum absolute atomic E-state index is 13.9. The topological polar surface area (TPSA) is 59.3 Å². The standard InChI is InChI=1S/C16H9F4NO3/c1-23-7-8-2-13(19)15(14(20)3-8)16(22)24-9-4-11(17)10(6-21)12(18)5-9/h2-5H,7H2,1H3. The molecule has 0 amide bonds. The van der Waals surface area contributed by atoms with Crippen LogP contribution >= 0.6 is 0 Å². The van der Waals surface area contributed by atoms with E-state index in [1.165, 1.54) is 13.2 Å². The van der Waals surface area contributed by atoms with Crippen molar-refractivity contribution < 1.29 is 31.8 Å². The zero-order valence-corrected chi connectivity index (χ0v) is 12.2. The van der Waals surface area contributed by atoms with Gasteiger partial charge in [0.1, 0.15) is 46.2 Å². The monoisotopic (exact) mass is 339 g/mol. The summed E-state index contributed by atoms with van der Waals surface area (Å²) in [7, 11) is 1.33. The smallest absolute Gasteiger partial charge is 0.349 e. The van der Waals surface area contributed by atoms with Crippen molar-refractivity contribution in [2.45, 2.75) is 6.61 Å². The highest BCUT2D eigenvalue weighted by molar-refractivity contribution is 5.91. The van der Waals surface area contributed by atoms with Gasteiger partial charge in [-0.25, -0.2) is 22.4 Å². The molecule has 0 unspecified atom stereocenters. The van der Waals surface area contributed by atoms with E-state index < -0.39 is 46.1 Å². The molecule has 2 aromatic carbocycles. The Hall–Kier alpha value is -2.92. The summed E-state index contributed by atoms with van der Waals surface area (Å²) in [6.45, 7) is -0.0742. The minimum absolute atomic E-state index is 0.0742. The van der Waals surface area contributed by atoms with E-state index in [1.54, 1.807) is 0 Å². The maximum atomic E-state index is 13.9. The molecule has 0 atom stereocenters. The number of benzene rings is 2. The molecule has 0 aliphatic rings. The van der Waals surface area contributed by atoms with E-state index >= 15 is 0 Å². The lowest BCUT2D eigenvalue weighted by Crippen LogP contribution is -2.14. The van der Waals surface area contributed by atoms with Crippen LogP contribution in [-0.2, 0) is 11.3 Å². The molecular formula is C16H9F4NO3. The van der Waals surface area contributed by atoms with Crippen molar-refractivity contribution in [2.75, 3.05) is 7.11 Å². The van der Waals surface area contributed by atoms with Crippen molar-refractivity contribution >= 4 is 5.97 Å². The Morgan fingerprint density at radius 2 is 1.58 bits per heavy atom. The molecule has 124 valence electrons. The molecular weight excluding hydrogens is 330 g/mol. The maximum Gasteiger partial charge on any atom is 0.349 e. The summed E-state index contributed by atoms with van der Waals surface area (Å²) in [6, 6.07) is 4.17. The average Bonchev–Trinajstić information content (AvgIpc) is 2.46. The lowest BCUT2D eigenvalue weighted by Gasteiger charge is -2.09. The highest BCUT2D eigenvalue weighted by Gasteiger charge is 2.22. The fourth-order valence-corrected chi connectivity index (χ4v) is 1.94. The number of hydrogen-bond donors (Lipinski definition) is 0. The number of carbonyl (C=O) groups excluding carboxylic acids is 1. The van der Waals surface area contributed by atoms with E-state index in [0.717, 1.165) is 12.1 Å². The lowest BCUT2D eigenvalue weighted by molar-refractivity contribution is 0.0723. The minimum atomic E-state index is -1.47. The van der Waals surface area contributed by atoms with E-state index in [-0.39, 0.29) is 12.2 Å². The SMILES string of the molecule is COCc1cc(F)c(C(=O)Oc2cc(F)c(C#N)c(F)c2)c(F)c1. The van der Waals surface area contributed by atoms with Crippen LogP contribution in [0.1, 0.15) is 21.5 Å². The largest absolute Gasteiger partial charge is 0.423 e. The van der Waals surface area contributed by atoms with Gasteiger partial charge in [0.2, 0.25) is 0 Å². The van der Waals surface area contributed by atoms with Gasteiger partial charge in [0.05, 0.1) is 6.61 Å². The molecule has 0 radical (unpaired) electrons. The minimum Gasteiger partial charge on any atom is -0.423 e. The first-order chi connectivity index (χ1) is 11.4. The molecule has 0 saturated heterocycles. The molecule has 0 aromatic heterocycles. The Kier molecular flexibility index (Phi) is 5.16. The van der Waals surface area contributed by atoms with Crippen LogP contribution in [0.15, 0.2) is 24.3 Å². The number of carbonyl (C=O) groups is 1. The molecule has 0 N–H and O–H groups in total. The van der Waals surface area contributed by atoms with Gasteiger partial charge in [-0.3, -0.25) is 0 Å². The quantitative estimate of drug-likeness (QED) is 0.486. The van der Waals surface area contributed by atoms with Crippen LogP contribution in [0.3, 0.4) is 0 Å². The second-order valence-corrected chi connectivity index (χ2v) is 4.63. The highest BCUT2D eigenvalue weighted by Crippen LogP contribution is 2.23. The van der Waals surface area contributed by atoms with E-state index in [1.807, 2.05) is 0 Å². The molecule has 4 nitrogen and oxygen atoms in total. The Morgan fingerprint density at radius 3 is 2.04 bits per heavy atom. The van der Waals surface area contributed by atoms with Gasteiger partial charge in [0.25, 0.3) is 0 Å². The predicted molar refractivity (Wildman–Crippen MR) is 73.1 cm³/mol. The molecule has 0 aliphatic carbocycles. The average molecular weight is 339 g/mol. The van der Waals surface area contributed by atoms with Crippen LogP contribution in [0.25, 0.3) is 0 Å². The fourth-order valence-electron chi connectivity index (χ4n) is 1.94. The van der Waals surface area contributed by atoms with Gasteiger partial charge in [0.15, 0.2) is 0 Å². The number of nitrogens with zero attached hydrogens (tertiary/aromatic N) is 1. The molecule has 0 heterocycles. The van der Waals surface area contributed by atoms with Crippen LogP contribution < -0.4 is 4.74 Å². The molecule has 0 spiro atoms. The van der Waals surface area contributed by atoms with Crippen molar-refractivity contribution in [1.82, 2.24) is 0 Å². The normalized spacial score (nSPS) is 10.3. The first-order valence-corrected chi connectivity index (χ1v) is 6.45. The molecule has 0 saturated carbocycles. The summed E-state index contributed by atoms with van der Waals surface area (Å²) in [5.41, 5.74) is -1.73. The Labute approximate surface area is 133 Å². The summed E-state index contributed by atoms with van der Waals surface area (Å²) in [5, 5.41) is 8.55. The summed E-state index contributed by atoms with van der Waals surface area (Å²) in [4.78, 5) is 11.9. The Morgan fingerprint density at radius 1 is 1.04 bits per heavy atom. The fraction of sp³-hybridized carbons (Fsp3) is 0.125. The van der Waals surface area contributed by atoms with Crippen LogP contribution in [0.4, 0.5) is 17.6 Å². The van der Waals surface area contributed by atoms with Gasteiger partial charge >= 0.3 is 5.97 Å². The van der Waals surface area contributed by atoms with Gasteiger partial charge in [-0.2, -0.15) is 5.26 Å². The summed E-state index contributed by atoms with van der Waals surface area (Å²) < 4.78 is 63.9. The third kappa shape index (κ3) is 3.52. The van der Waals surface area contributed by atoms with Gasteiger partial charge in [0, 0.05) is 19.2 Å². The third-order valence-corrected chi connectivity index (χ3v) is 2.95. The second-order valence-electron chi connectivity index (χ2n) is 4.63. The van der Waals surface area contributed by atoms with E-state index in [2.05, 4.69) is 4.74 Å². The third-order valence-electron chi connectivity index (χ3n) is 2.95. The van der Waals surface area contributed by atoms with Crippen molar-refractivity contribution in [3.8, 4) is 11.8 Å². The van der Waals surface area contributed by atoms with Crippen molar-refractivity contribution in [3.05, 3.63) is 64.2 Å². The number of nitriles is 1. The molecule has 2 aromatic rings. The van der Waals surface area contributed by atoms with E-state index in [4.69, 9.17) is 10.00 Å². The molecule has 8 heteroatoms. The summed E-state index contributed by atoms with van der Waals surface area (Å²) >= 11 is 0. The highest BCUT2D eigenvalue weighted by atomic mass is 19.1. The van der Waals surface area contributed by atoms with Crippen molar-refractivity contribution in [1.29, 1.82) is 5.26 Å². The Bertz CT molecular complexity index is 800. The summed E-state index contributed by atoms with van der Waals surface area (Å²) in [5.74, 6) is -7.05. The first-order valence-electron chi connectivity index (χ1n) is 6.45. The van der Waals surface area contributed by atoms with Crippen molar-refractivity contribution in [3.63, 3.8) is 0 Å². The summed E-state index contributed by atoms with van der Waals surface area (Å²) in [6.07, 6.45) is 0. The van der Waals surface area contributed by atoms with Crippen molar-refractivity contribution in [2.24, 2.45) is 0 Å². The number of esters is 1. The first kappa shape index (κ1) is 17.4. The Balaban J connectivity index is 2.33. The van der Waals surface area contributed by atoms with Gasteiger partial charge in [-0.05, 0) is 17.7 Å². The van der Waals surface area contributed by atoms with E-state index in [9.17, 15) is 22.4 Å². The molecule has 0 bridgehead atoms. The van der Waals surface area contributed by atoms with E-state index in [0.29, 0.717) is 12.1 Å². The second kappa shape index (κ2) is 7.10. The number of halogens is 4. The molecule has 0 aliphatic heterocycles. The molecule has 24 heavy (non-hydrogen) atoms. The van der Waals surface area contributed by atoms with Crippen LogP contribution in [0.2, 0.25) is 0 Å².